The standard InChI is InChI=1S/C12H16BrNO2S/c1-8-9(2)11(4-3-10(8)13)14-12(16)7-17-6-5-15/h3-4,15H,5-7H2,1-2H3,(H,14,16). The van der Waals surface area contributed by atoms with Crippen LogP contribution in [-0.4, -0.2) is 29.1 Å². The van der Waals surface area contributed by atoms with Gasteiger partial charge in [-0.2, -0.15) is 0 Å². The third-order valence-corrected chi connectivity index (χ3v) is 4.26. The Morgan fingerprint density at radius 2 is 2.12 bits per heavy atom. The Balaban J connectivity index is 2.63. The van der Waals surface area contributed by atoms with Crippen molar-refractivity contribution in [3.63, 3.8) is 0 Å². The van der Waals surface area contributed by atoms with Crippen molar-refractivity contribution < 1.29 is 9.90 Å². The van der Waals surface area contributed by atoms with E-state index >= 15 is 0 Å². The molecule has 0 bridgehead atoms. The van der Waals surface area contributed by atoms with Gasteiger partial charge in [0.05, 0.1) is 12.4 Å². The molecule has 5 heteroatoms. The molecular weight excluding hydrogens is 302 g/mol. The summed E-state index contributed by atoms with van der Waals surface area (Å²) in [5, 5.41) is 11.5. The number of hydrogen-bond donors (Lipinski definition) is 2. The Kier molecular flexibility index (Phi) is 6.02. The maximum atomic E-state index is 11.6. The highest BCUT2D eigenvalue weighted by atomic mass is 79.9. The normalized spacial score (nSPS) is 10.4. The first-order valence-electron chi connectivity index (χ1n) is 5.30. The molecule has 1 rings (SSSR count). The van der Waals surface area contributed by atoms with Gasteiger partial charge in [-0.25, -0.2) is 0 Å². The Morgan fingerprint density at radius 1 is 1.41 bits per heavy atom. The van der Waals surface area contributed by atoms with E-state index in [1.807, 2.05) is 26.0 Å². The average Bonchev–Trinajstić information content (AvgIpc) is 2.30. The lowest BCUT2D eigenvalue weighted by Crippen LogP contribution is -2.15. The summed E-state index contributed by atoms with van der Waals surface area (Å²) in [5.41, 5.74) is 3.05. The van der Waals surface area contributed by atoms with E-state index in [4.69, 9.17) is 5.11 Å². The summed E-state index contributed by atoms with van der Waals surface area (Å²) >= 11 is 4.88. The first kappa shape index (κ1) is 14.5. The van der Waals surface area contributed by atoms with E-state index in [9.17, 15) is 4.79 Å². The number of carbonyl (C=O) groups is 1. The van der Waals surface area contributed by atoms with Gasteiger partial charge in [-0.05, 0) is 37.1 Å². The molecule has 1 aromatic carbocycles. The average molecular weight is 318 g/mol. The molecule has 0 heterocycles. The van der Waals surface area contributed by atoms with E-state index in [1.165, 1.54) is 11.8 Å². The number of hydrogen-bond acceptors (Lipinski definition) is 3. The Hall–Kier alpha value is -0.520. The predicted molar refractivity (Wildman–Crippen MR) is 76.7 cm³/mol. The van der Waals surface area contributed by atoms with Gasteiger partial charge in [-0.3, -0.25) is 4.79 Å². The molecule has 0 aromatic heterocycles. The molecule has 0 aliphatic rings. The maximum Gasteiger partial charge on any atom is 0.234 e. The highest BCUT2D eigenvalue weighted by Crippen LogP contribution is 2.25. The summed E-state index contributed by atoms with van der Waals surface area (Å²) in [6, 6.07) is 3.82. The number of nitrogens with one attached hydrogen (secondary N) is 1. The number of carbonyl (C=O) groups excluding carboxylic acids is 1. The number of anilines is 1. The van der Waals surface area contributed by atoms with Gasteiger partial charge in [0.25, 0.3) is 0 Å². The van der Waals surface area contributed by atoms with E-state index in [0.717, 1.165) is 21.3 Å². The molecule has 0 spiro atoms. The highest BCUT2D eigenvalue weighted by Gasteiger charge is 2.07. The Morgan fingerprint density at radius 3 is 2.76 bits per heavy atom. The molecule has 17 heavy (non-hydrogen) atoms. The molecule has 0 saturated carbocycles. The maximum absolute atomic E-state index is 11.6. The van der Waals surface area contributed by atoms with Crippen LogP contribution in [0, 0.1) is 13.8 Å². The third-order valence-electron chi connectivity index (χ3n) is 2.46. The van der Waals surface area contributed by atoms with Crippen LogP contribution in [0.4, 0.5) is 5.69 Å². The first-order chi connectivity index (χ1) is 8.06. The highest BCUT2D eigenvalue weighted by molar-refractivity contribution is 9.10. The van der Waals surface area contributed by atoms with Gasteiger partial charge < -0.3 is 10.4 Å². The van der Waals surface area contributed by atoms with Crippen molar-refractivity contribution in [3.05, 3.63) is 27.7 Å². The van der Waals surface area contributed by atoms with Gasteiger partial charge in [0, 0.05) is 15.9 Å². The Labute approximate surface area is 114 Å². The van der Waals surface area contributed by atoms with E-state index in [1.54, 1.807) is 0 Å². The van der Waals surface area contributed by atoms with Crippen LogP contribution in [0.3, 0.4) is 0 Å². The van der Waals surface area contributed by atoms with Gasteiger partial charge in [-0.1, -0.05) is 15.9 Å². The van der Waals surface area contributed by atoms with E-state index in [-0.39, 0.29) is 12.5 Å². The van der Waals surface area contributed by atoms with Crippen molar-refractivity contribution in [2.24, 2.45) is 0 Å². The zero-order chi connectivity index (χ0) is 12.8. The van der Waals surface area contributed by atoms with E-state index in [2.05, 4.69) is 21.2 Å². The van der Waals surface area contributed by atoms with Gasteiger partial charge >= 0.3 is 0 Å². The van der Waals surface area contributed by atoms with E-state index in [0.29, 0.717) is 11.5 Å². The molecule has 0 saturated heterocycles. The summed E-state index contributed by atoms with van der Waals surface area (Å²) in [5.74, 6) is 0.925. The molecule has 0 aliphatic heterocycles. The lowest BCUT2D eigenvalue weighted by atomic mass is 10.1. The van der Waals surface area contributed by atoms with Crippen LogP contribution >= 0.6 is 27.7 Å². The number of aliphatic hydroxyl groups excluding tert-OH is 1. The molecule has 0 unspecified atom stereocenters. The number of benzene rings is 1. The summed E-state index contributed by atoms with van der Waals surface area (Å²) in [6.45, 7) is 4.10. The topological polar surface area (TPSA) is 49.3 Å². The molecule has 0 atom stereocenters. The molecule has 0 fully saturated rings. The van der Waals surface area contributed by atoms with E-state index < -0.39 is 0 Å². The zero-order valence-electron chi connectivity index (χ0n) is 9.92. The number of rotatable bonds is 5. The summed E-state index contributed by atoms with van der Waals surface area (Å²) in [4.78, 5) is 11.6. The predicted octanol–water partition coefficient (Wildman–Crippen LogP) is 2.73. The van der Waals surface area contributed by atoms with Crippen molar-refractivity contribution in [2.45, 2.75) is 13.8 Å². The third kappa shape index (κ3) is 4.33. The quantitative estimate of drug-likeness (QED) is 0.821. The first-order valence-corrected chi connectivity index (χ1v) is 7.25. The van der Waals surface area contributed by atoms with Crippen LogP contribution < -0.4 is 5.32 Å². The van der Waals surface area contributed by atoms with Crippen molar-refractivity contribution in [2.75, 3.05) is 23.4 Å². The summed E-state index contributed by atoms with van der Waals surface area (Å²) < 4.78 is 1.04. The van der Waals surface area contributed by atoms with Crippen LogP contribution in [0.5, 0.6) is 0 Å². The van der Waals surface area contributed by atoms with Crippen molar-refractivity contribution >= 4 is 39.3 Å². The second-order valence-electron chi connectivity index (χ2n) is 3.67. The fourth-order valence-electron chi connectivity index (χ4n) is 1.34. The SMILES string of the molecule is Cc1c(Br)ccc(NC(=O)CSCCO)c1C. The van der Waals surface area contributed by atoms with Gasteiger partial charge in [-0.15, -0.1) is 11.8 Å². The zero-order valence-corrected chi connectivity index (χ0v) is 12.3. The lowest BCUT2D eigenvalue weighted by Gasteiger charge is -2.11. The lowest BCUT2D eigenvalue weighted by molar-refractivity contribution is -0.113. The van der Waals surface area contributed by atoms with Crippen molar-refractivity contribution in [1.82, 2.24) is 0 Å². The number of thioether (sulfide) groups is 1. The van der Waals surface area contributed by atoms with Crippen LogP contribution in [0.25, 0.3) is 0 Å². The van der Waals surface area contributed by atoms with Crippen LogP contribution in [0.2, 0.25) is 0 Å². The summed E-state index contributed by atoms with van der Waals surface area (Å²) in [7, 11) is 0. The van der Waals surface area contributed by atoms with Crippen molar-refractivity contribution in [1.29, 1.82) is 0 Å². The second kappa shape index (κ2) is 7.03. The number of aliphatic hydroxyl groups is 1. The van der Waals surface area contributed by atoms with Gasteiger partial charge in [0.1, 0.15) is 0 Å². The van der Waals surface area contributed by atoms with Gasteiger partial charge in [0.2, 0.25) is 5.91 Å². The van der Waals surface area contributed by atoms with Crippen LogP contribution in [0.1, 0.15) is 11.1 Å². The molecule has 1 aromatic rings. The molecule has 94 valence electrons. The van der Waals surface area contributed by atoms with Gasteiger partial charge in [0.15, 0.2) is 0 Å². The monoisotopic (exact) mass is 317 g/mol. The molecular formula is C12H16BrNO2S. The fraction of sp³-hybridized carbons (Fsp3) is 0.417. The Bertz CT molecular complexity index is 410. The number of halogens is 1. The minimum atomic E-state index is -0.0340. The largest absolute Gasteiger partial charge is 0.396 e. The molecule has 0 aliphatic carbocycles. The molecule has 0 radical (unpaired) electrons. The molecule has 3 nitrogen and oxygen atoms in total. The van der Waals surface area contributed by atoms with Crippen molar-refractivity contribution in [3.8, 4) is 0 Å². The van der Waals surface area contributed by atoms with Crippen LogP contribution in [0.15, 0.2) is 16.6 Å². The molecule has 2 N–H and O–H groups in total. The number of amides is 1. The second-order valence-corrected chi connectivity index (χ2v) is 5.63. The smallest absolute Gasteiger partial charge is 0.234 e. The summed E-state index contributed by atoms with van der Waals surface area (Å²) in [6.07, 6.45) is 0. The minimum absolute atomic E-state index is 0.0340. The fourth-order valence-corrected chi connectivity index (χ4v) is 2.30. The van der Waals surface area contributed by atoms with Crippen LogP contribution in [-0.2, 0) is 4.79 Å². The molecule has 1 amide bonds. The minimum Gasteiger partial charge on any atom is -0.396 e.